The molecule has 0 spiro atoms. The molecule has 0 heterocycles. The van der Waals surface area contributed by atoms with Crippen molar-refractivity contribution in [3.63, 3.8) is 0 Å². The van der Waals surface area contributed by atoms with Gasteiger partial charge in [-0.05, 0) is 30.3 Å². The molecule has 19 heavy (non-hydrogen) atoms. The number of para-hydroxylation sites is 1. The van der Waals surface area contributed by atoms with E-state index >= 15 is 0 Å². The molecule has 0 aliphatic heterocycles. The molecule has 5 nitrogen and oxygen atoms in total. The van der Waals surface area contributed by atoms with E-state index in [2.05, 4.69) is 10.2 Å². The van der Waals surface area contributed by atoms with Crippen LogP contribution in [0.2, 0.25) is 0 Å². The number of nitrogens with two attached hydrogens (primary N) is 2. The number of benzene rings is 2. The second-order valence-electron chi connectivity index (χ2n) is 3.80. The van der Waals surface area contributed by atoms with E-state index in [9.17, 15) is 0 Å². The Morgan fingerprint density at radius 3 is 2.47 bits per heavy atom. The highest BCUT2D eigenvalue weighted by Crippen LogP contribution is 2.20. The summed E-state index contributed by atoms with van der Waals surface area (Å²) in [5.74, 6) is 1.51. The van der Waals surface area contributed by atoms with Crippen LogP contribution < -0.4 is 21.3 Å². The highest BCUT2D eigenvalue weighted by Gasteiger charge is 1.98. The molecule has 0 aromatic heterocycles. The van der Waals surface area contributed by atoms with Gasteiger partial charge >= 0.3 is 0 Å². The van der Waals surface area contributed by atoms with Crippen LogP contribution in [0.1, 0.15) is 5.56 Å². The number of hydrogen-bond acceptors (Lipinski definition) is 2. The van der Waals surface area contributed by atoms with E-state index in [1.807, 2.05) is 54.6 Å². The SMILES string of the molecule is NC(N)=N/[NH+]=C\c1cccc(Oc2ccccc2)c1. The van der Waals surface area contributed by atoms with Gasteiger partial charge in [-0.2, -0.15) is 0 Å². The fraction of sp³-hybridized carbons (Fsp3) is 0. The lowest BCUT2D eigenvalue weighted by Crippen LogP contribution is -2.63. The Kier molecular flexibility index (Phi) is 4.12. The van der Waals surface area contributed by atoms with Crippen LogP contribution in [0.4, 0.5) is 0 Å². The molecule has 0 saturated carbocycles. The second kappa shape index (κ2) is 6.20. The van der Waals surface area contributed by atoms with Crippen molar-refractivity contribution in [1.82, 2.24) is 0 Å². The smallest absolute Gasteiger partial charge is 0.256 e. The maximum Gasteiger partial charge on any atom is 0.256 e. The third-order valence-electron chi connectivity index (χ3n) is 2.26. The predicted molar refractivity (Wildman–Crippen MR) is 74.9 cm³/mol. The largest absolute Gasteiger partial charge is 0.457 e. The number of nitrogens with one attached hydrogen (secondary N) is 1. The average Bonchev–Trinajstić information content (AvgIpc) is 2.40. The van der Waals surface area contributed by atoms with Crippen molar-refractivity contribution in [2.45, 2.75) is 0 Å². The van der Waals surface area contributed by atoms with Gasteiger partial charge in [-0.1, -0.05) is 24.3 Å². The maximum atomic E-state index is 5.71. The highest BCUT2D eigenvalue weighted by atomic mass is 16.5. The van der Waals surface area contributed by atoms with Crippen LogP contribution in [0.25, 0.3) is 0 Å². The molecule has 5 N–H and O–H groups in total. The van der Waals surface area contributed by atoms with Gasteiger partial charge in [0.15, 0.2) is 0 Å². The summed E-state index contributed by atoms with van der Waals surface area (Å²) in [6.07, 6.45) is 1.68. The number of hydrogen-bond donors (Lipinski definition) is 3. The van der Waals surface area contributed by atoms with E-state index in [4.69, 9.17) is 16.2 Å². The fourth-order valence-electron chi connectivity index (χ4n) is 1.47. The van der Waals surface area contributed by atoms with Gasteiger partial charge < -0.3 is 16.2 Å². The molecule has 0 atom stereocenters. The summed E-state index contributed by atoms with van der Waals surface area (Å²) in [7, 11) is 0. The Balaban J connectivity index is 2.11. The molecule has 5 heteroatoms. The van der Waals surface area contributed by atoms with E-state index in [1.54, 1.807) is 6.21 Å². The average molecular weight is 255 g/mol. The third kappa shape index (κ3) is 4.16. The van der Waals surface area contributed by atoms with E-state index in [0.29, 0.717) is 0 Å². The van der Waals surface area contributed by atoms with Crippen molar-refractivity contribution in [3.8, 4) is 11.5 Å². The maximum absolute atomic E-state index is 5.71. The van der Waals surface area contributed by atoms with E-state index < -0.39 is 0 Å². The molecule has 2 rings (SSSR count). The van der Waals surface area contributed by atoms with Crippen LogP contribution in [0, 0.1) is 0 Å². The van der Waals surface area contributed by atoms with Crippen LogP contribution >= 0.6 is 0 Å². The number of ether oxygens (including phenoxy) is 1. The van der Waals surface area contributed by atoms with E-state index in [0.717, 1.165) is 17.1 Å². The minimum Gasteiger partial charge on any atom is -0.457 e. The van der Waals surface area contributed by atoms with E-state index in [1.165, 1.54) is 0 Å². The van der Waals surface area contributed by atoms with Gasteiger partial charge in [0, 0.05) is 10.7 Å². The topological polar surface area (TPSA) is 87.6 Å². The Hall–Kier alpha value is -2.82. The highest BCUT2D eigenvalue weighted by molar-refractivity contribution is 5.77. The molecule has 0 radical (unpaired) electrons. The van der Waals surface area contributed by atoms with Crippen molar-refractivity contribution >= 4 is 12.2 Å². The van der Waals surface area contributed by atoms with Crippen molar-refractivity contribution in [2.75, 3.05) is 0 Å². The summed E-state index contributed by atoms with van der Waals surface area (Å²) >= 11 is 0. The second-order valence-corrected chi connectivity index (χ2v) is 3.80. The minimum atomic E-state index is -0.0204. The molecule has 0 fully saturated rings. The van der Waals surface area contributed by atoms with Gasteiger partial charge in [-0.3, -0.25) is 0 Å². The molecule has 0 unspecified atom stereocenters. The molecular weight excluding hydrogens is 240 g/mol. The van der Waals surface area contributed by atoms with Gasteiger partial charge in [0.05, 0.1) is 0 Å². The third-order valence-corrected chi connectivity index (χ3v) is 2.26. The zero-order chi connectivity index (χ0) is 13.5. The van der Waals surface area contributed by atoms with Crippen molar-refractivity contribution < 1.29 is 9.84 Å². The molecule has 0 aliphatic carbocycles. The first-order valence-corrected chi connectivity index (χ1v) is 5.74. The summed E-state index contributed by atoms with van der Waals surface area (Å²) < 4.78 is 5.71. The zero-order valence-corrected chi connectivity index (χ0v) is 10.3. The van der Waals surface area contributed by atoms with Crippen LogP contribution in [-0.2, 0) is 0 Å². The van der Waals surface area contributed by atoms with Crippen molar-refractivity contribution in [3.05, 3.63) is 60.2 Å². The minimum absolute atomic E-state index is 0.0204. The quantitative estimate of drug-likeness (QED) is 0.413. The first kappa shape index (κ1) is 12.6. The fourth-order valence-corrected chi connectivity index (χ4v) is 1.47. The molecule has 2 aromatic rings. The summed E-state index contributed by atoms with van der Waals surface area (Å²) in [5, 5.41) is 6.31. The summed E-state index contributed by atoms with van der Waals surface area (Å²) in [5.41, 5.74) is 11.3. The van der Waals surface area contributed by atoms with E-state index in [-0.39, 0.29) is 5.96 Å². The first-order chi connectivity index (χ1) is 9.24. The summed E-state index contributed by atoms with van der Waals surface area (Å²) in [4.78, 5) is 0. The van der Waals surface area contributed by atoms with Gasteiger partial charge in [0.1, 0.15) is 11.5 Å². The van der Waals surface area contributed by atoms with Crippen LogP contribution in [0.15, 0.2) is 59.7 Å². The number of guanidine groups is 1. The van der Waals surface area contributed by atoms with Crippen LogP contribution in [-0.4, -0.2) is 12.2 Å². The van der Waals surface area contributed by atoms with Crippen molar-refractivity contribution in [2.24, 2.45) is 16.6 Å². The molecule has 96 valence electrons. The molecule has 0 amide bonds. The number of hydrazone groups is 1. The lowest BCUT2D eigenvalue weighted by atomic mass is 10.2. The molecule has 2 aromatic carbocycles. The molecule has 0 bridgehead atoms. The monoisotopic (exact) mass is 255 g/mol. The summed E-state index contributed by atoms with van der Waals surface area (Å²) in [6.45, 7) is 0. The Labute approximate surface area is 111 Å². The van der Waals surface area contributed by atoms with Crippen molar-refractivity contribution in [1.29, 1.82) is 0 Å². The predicted octanol–water partition coefficient (Wildman–Crippen LogP) is 0.167. The number of nitrogens with zero attached hydrogens (tertiary/aromatic N) is 1. The van der Waals surface area contributed by atoms with Gasteiger partial charge in [0.25, 0.3) is 5.96 Å². The van der Waals surface area contributed by atoms with Crippen LogP contribution in [0.5, 0.6) is 11.5 Å². The molecule has 0 aliphatic rings. The zero-order valence-electron chi connectivity index (χ0n) is 10.3. The number of rotatable bonds is 4. The Morgan fingerprint density at radius 1 is 1.00 bits per heavy atom. The van der Waals surface area contributed by atoms with Crippen LogP contribution in [0.3, 0.4) is 0 Å². The Morgan fingerprint density at radius 2 is 1.74 bits per heavy atom. The normalized spacial score (nSPS) is 10.3. The van der Waals surface area contributed by atoms with Gasteiger partial charge in [-0.15, -0.1) is 5.10 Å². The van der Waals surface area contributed by atoms with Gasteiger partial charge in [-0.25, -0.2) is 0 Å². The Bertz CT molecular complexity index is 589. The first-order valence-electron chi connectivity index (χ1n) is 5.74. The molecular formula is C14H15N4O+. The molecule has 0 saturated heterocycles. The standard InChI is InChI=1S/C14H14N4O/c15-14(16)18-17-10-11-5-4-8-13(9-11)19-12-6-2-1-3-7-12/h1-10H,(H4,15,16,18)/p+1/b17-10-. The summed E-state index contributed by atoms with van der Waals surface area (Å²) in [6, 6.07) is 17.1. The van der Waals surface area contributed by atoms with Gasteiger partial charge in [0.2, 0.25) is 6.21 Å². The lowest BCUT2D eigenvalue weighted by molar-refractivity contribution is -0.456. The lowest BCUT2D eigenvalue weighted by Gasteiger charge is -2.04.